The maximum atomic E-state index is 12.4. The Kier molecular flexibility index (Phi) is 3.22. The molecule has 1 saturated heterocycles. The number of halogens is 1. The van der Waals surface area contributed by atoms with Gasteiger partial charge in [-0.1, -0.05) is 24.3 Å². The maximum Gasteiger partial charge on any atom is 0.227 e. The second kappa shape index (κ2) is 5.25. The van der Waals surface area contributed by atoms with Gasteiger partial charge in [-0.2, -0.15) is 0 Å². The highest BCUT2D eigenvalue weighted by molar-refractivity contribution is 9.10. The number of rotatable bonds is 2. The zero-order valence-corrected chi connectivity index (χ0v) is 13.4. The Morgan fingerprint density at radius 2 is 1.91 bits per heavy atom. The Morgan fingerprint density at radius 3 is 2.73 bits per heavy atom. The molecule has 5 heteroatoms. The van der Waals surface area contributed by atoms with Gasteiger partial charge in [-0.15, -0.1) is 0 Å². The van der Waals surface area contributed by atoms with Crippen LogP contribution in [-0.4, -0.2) is 22.4 Å². The van der Waals surface area contributed by atoms with E-state index in [4.69, 9.17) is 0 Å². The number of carbonyl (C=O) groups excluding carboxylic acids is 1. The lowest BCUT2D eigenvalue weighted by molar-refractivity contribution is -0.117. The van der Waals surface area contributed by atoms with Crippen molar-refractivity contribution in [2.75, 3.05) is 11.4 Å². The molecule has 3 aromatic rings. The van der Waals surface area contributed by atoms with Crippen molar-refractivity contribution in [1.82, 2.24) is 9.97 Å². The summed E-state index contributed by atoms with van der Waals surface area (Å²) in [6, 6.07) is 15.8. The predicted molar refractivity (Wildman–Crippen MR) is 89.9 cm³/mol. The molecule has 1 fully saturated rings. The molecule has 110 valence electrons. The number of fused-ring (bicyclic) bond motifs is 1. The Morgan fingerprint density at radius 1 is 1.14 bits per heavy atom. The smallest absolute Gasteiger partial charge is 0.227 e. The third-order valence-electron chi connectivity index (χ3n) is 4.06. The molecule has 1 amide bonds. The first-order valence-electron chi connectivity index (χ1n) is 7.22. The van der Waals surface area contributed by atoms with E-state index in [0.29, 0.717) is 13.0 Å². The molecular formula is C17H14BrN3O. The van der Waals surface area contributed by atoms with Gasteiger partial charge in [0.2, 0.25) is 5.91 Å². The van der Waals surface area contributed by atoms with Crippen LogP contribution >= 0.6 is 15.9 Å². The fraction of sp³-hybridized carbons (Fsp3) is 0.176. The van der Waals surface area contributed by atoms with E-state index in [2.05, 4.69) is 25.9 Å². The zero-order chi connectivity index (χ0) is 15.1. The molecule has 1 aromatic heterocycles. The number of carbonyl (C=O) groups is 1. The van der Waals surface area contributed by atoms with Crippen molar-refractivity contribution in [3.05, 3.63) is 58.8 Å². The van der Waals surface area contributed by atoms with E-state index >= 15 is 0 Å². The van der Waals surface area contributed by atoms with E-state index in [1.807, 2.05) is 53.4 Å². The summed E-state index contributed by atoms with van der Waals surface area (Å²) in [4.78, 5) is 22.2. The number of anilines is 1. The number of para-hydroxylation sites is 3. The van der Waals surface area contributed by atoms with Crippen molar-refractivity contribution < 1.29 is 4.79 Å². The van der Waals surface area contributed by atoms with Crippen molar-refractivity contribution in [3.8, 4) is 0 Å². The topological polar surface area (TPSA) is 49.0 Å². The Bertz CT molecular complexity index is 825. The van der Waals surface area contributed by atoms with E-state index in [0.717, 1.165) is 27.0 Å². The summed E-state index contributed by atoms with van der Waals surface area (Å²) in [6.45, 7) is 0.654. The number of amides is 1. The second-order valence-electron chi connectivity index (χ2n) is 5.50. The lowest BCUT2D eigenvalue weighted by Crippen LogP contribution is -2.24. The molecule has 0 aliphatic carbocycles. The molecule has 0 saturated carbocycles. The van der Waals surface area contributed by atoms with Gasteiger partial charge in [0.25, 0.3) is 0 Å². The van der Waals surface area contributed by atoms with Crippen molar-refractivity contribution in [3.63, 3.8) is 0 Å². The molecule has 1 N–H and O–H groups in total. The van der Waals surface area contributed by atoms with Crippen LogP contribution in [0.3, 0.4) is 0 Å². The normalized spacial score (nSPS) is 18.3. The first-order valence-corrected chi connectivity index (χ1v) is 8.01. The zero-order valence-electron chi connectivity index (χ0n) is 11.8. The summed E-state index contributed by atoms with van der Waals surface area (Å²) in [5.41, 5.74) is 2.89. The fourth-order valence-electron chi connectivity index (χ4n) is 2.96. The summed E-state index contributed by atoms with van der Waals surface area (Å²) in [5, 5.41) is 0. The van der Waals surface area contributed by atoms with Gasteiger partial charge in [0.05, 0.1) is 16.7 Å². The first kappa shape index (κ1) is 13.5. The predicted octanol–water partition coefficient (Wildman–Crippen LogP) is 3.85. The van der Waals surface area contributed by atoms with Gasteiger partial charge in [-0.05, 0) is 40.2 Å². The van der Waals surface area contributed by atoms with Crippen LogP contribution in [0.1, 0.15) is 18.2 Å². The monoisotopic (exact) mass is 355 g/mol. The average Bonchev–Trinajstić information content (AvgIpc) is 3.11. The summed E-state index contributed by atoms with van der Waals surface area (Å²) in [7, 11) is 0. The second-order valence-corrected chi connectivity index (χ2v) is 6.35. The van der Waals surface area contributed by atoms with Crippen LogP contribution in [0.15, 0.2) is 53.0 Å². The number of aromatic nitrogens is 2. The van der Waals surface area contributed by atoms with Crippen molar-refractivity contribution in [1.29, 1.82) is 0 Å². The molecule has 2 aromatic carbocycles. The summed E-state index contributed by atoms with van der Waals surface area (Å²) < 4.78 is 0.939. The molecular weight excluding hydrogens is 342 g/mol. The number of benzene rings is 2. The van der Waals surface area contributed by atoms with E-state index in [-0.39, 0.29) is 11.8 Å². The Hall–Kier alpha value is -2.14. The Labute approximate surface area is 136 Å². The number of nitrogens with one attached hydrogen (secondary N) is 1. The third-order valence-corrected chi connectivity index (χ3v) is 4.73. The molecule has 1 atom stereocenters. The maximum absolute atomic E-state index is 12.4. The largest absolute Gasteiger partial charge is 0.342 e. The van der Waals surface area contributed by atoms with Gasteiger partial charge in [0.1, 0.15) is 5.82 Å². The first-order chi connectivity index (χ1) is 10.7. The fourth-order valence-corrected chi connectivity index (χ4v) is 3.46. The molecule has 0 bridgehead atoms. The van der Waals surface area contributed by atoms with Gasteiger partial charge in [-0.25, -0.2) is 4.98 Å². The van der Waals surface area contributed by atoms with Gasteiger partial charge in [0.15, 0.2) is 0 Å². The highest BCUT2D eigenvalue weighted by Crippen LogP contribution is 2.34. The minimum atomic E-state index is 0.104. The summed E-state index contributed by atoms with van der Waals surface area (Å²) in [6.07, 6.45) is 0.487. The Balaban J connectivity index is 1.66. The number of aromatic amines is 1. The van der Waals surface area contributed by atoms with E-state index < -0.39 is 0 Å². The summed E-state index contributed by atoms with van der Waals surface area (Å²) in [5.74, 6) is 1.13. The summed E-state index contributed by atoms with van der Waals surface area (Å²) >= 11 is 3.52. The molecule has 0 spiro atoms. The van der Waals surface area contributed by atoms with Crippen LogP contribution in [0.25, 0.3) is 11.0 Å². The number of H-pyrrole nitrogens is 1. The number of hydrogen-bond donors (Lipinski definition) is 1. The van der Waals surface area contributed by atoms with Crippen LogP contribution in [0.2, 0.25) is 0 Å². The van der Waals surface area contributed by atoms with Gasteiger partial charge in [0, 0.05) is 23.4 Å². The van der Waals surface area contributed by atoms with Gasteiger partial charge >= 0.3 is 0 Å². The SMILES string of the molecule is O=C1CC(c2nc3ccccc3[nH]2)CN1c1ccccc1Br. The standard InChI is InChI=1S/C17H14BrN3O/c18-12-5-1-4-8-15(12)21-10-11(9-16(21)22)17-19-13-6-2-3-7-14(13)20-17/h1-8,11H,9-10H2,(H,19,20). The number of nitrogens with zero attached hydrogens (tertiary/aromatic N) is 2. The number of imidazole rings is 1. The molecule has 4 rings (SSSR count). The van der Waals surface area contributed by atoms with Crippen molar-refractivity contribution in [2.45, 2.75) is 12.3 Å². The van der Waals surface area contributed by atoms with Crippen LogP contribution in [0.5, 0.6) is 0 Å². The molecule has 2 heterocycles. The lowest BCUT2D eigenvalue weighted by atomic mass is 10.1. The van der Waals surface area contributed by atoms with Crippen LogP contribution in [-0.2, 0) is 4.79 Å². The van der Waals surface area contributed by atoms with Gasteiger partial charge in [-0.3, -0.25) is 4.79 Å². The molecule has 22 heavy (non-hydrogen) atoms. The molecule has 0 radical (unpaired) electrons. The van der Waals surface area contributed by atoms with E-state index in [9.17, 15) is 4.79 Å². The highest BCUT2D eigenvalue weighted by atomic mass is 79.9. The van der Waals surface area contributed by atoms with Crippen molar-refractivity contribution >= 4 is 38.6 Å². The van der Waals surface area contributed by atoms with E-state index in [1.165, 1.54) is 0 Å². The number of hydrogen-bond acceptors (Lipinski definition) is 2. The lowest BCUT2D eigenvalue weighted by Gasteiger charge is -2.17. The van der Waals surface area contributed by atoms with Crippen LogP contribution in [0, 0.1) is 0 Å². The molecule has 1 aliphatic heterocycles. The average molecular weight is 356 g/mol. The van der Waals surface area contributed by atoms with Gasteiger partial charge < -0.3 is 9.88 Å². The molecule has 1 unspecified atom stereocenters. The van der Waals surface area contributed by atoms with Crippen LogP contribution < -0.4 is 4.90 Å². The minimum absolute atomic E-state index is 0.104. The highest BCUT2D eigenvalue weighted by Gasteiger charge is 2.34. The van der Waals surface area contributed by atoms with Crippen molar-refractivity contribution in [2.24, 2.45) is 0 Å². The molecule has 1 aliphatic rings. The van der Waals surface area contributed by atoms with Crippen LogP contribution in [0.4, 0.5) is 5.69 Å². The van der Waals surface area contributed by atoms with E-state index in [1.54, 1.807) is 0 Å². The quantitative estimate of drug-likeness (QED) is 0.758. The molecule has 4 nitrogen and oxygen atoms in total. The third kappa shape index (κ3) is 2.22. The minimum Gasteiger partial charge on any atom is -0.342 e.